The summed E-state index contributed by atoms with van der Waals surface area (Å²) in [5.74, 6) is 0.795. The molecule has 5 nitrogen and oxygen atoms in total. The minimum absolute atomic E-state index is 0.380. The van der Waals surface area contributed by atoms with Crippen LogP contribution in [0.5, 0.6) is 0 Å². The van der Waals surface area contributed by atoms with Gasteiger partial charge >= 0.3 is 0 Å². The molecule has 1 fully saturated rings. The lowest BCUT2D eigenvalue weighted by molar-refractivity contribution is 0.268. The van der Waals surface area contributed by atoms with Crippen LogP contribution in [-0.4, -0.2) is 45.8 Å². The van der Waals surface area contributed by atoms with Crippen LogP contribution in [0.3, 0.4) is 0 Å². The van der Waals surface area contributed by atoms with Crippen molar-refractivity contribution in [3.8, 4) is 0 Å². The molecule has 0 saturated carbocycles. The van der Waals surface area contributed by atoms with E-state index in [1.807, 2.05) is 0 Å². The molecule has 1 aliphatic heterocycles. The fourth-order valence-electron chi connectivity index (χ4n) is 3.58. The summed E-state index contributed by atoms with van der Waals surface area (Å²) in [5, 5.41) is 8.86. The van der Waals surface area contributed by atoms with Gasteiger partial charge in [0.15, 0.2) is 0 Å². The molecule has 2 heterocycles. The van der Waals surface area contributed by atoms with Crippen molar-refractivity contribution in [1.82, 2.24) is 20.1 Å². The maximum Gasteiger partial charge on any atom is 0.245 e. The number of rotatable bonds is 5. The van der Waals surface area contributed by atoms with Crippen molar-refractivity contribution in [2.24, 2.45) is 0 Å². The molecule has 0 amide bonds. The summed E-state index contributed by atoms with van der Waals surface area (Å²) in [7, 11) is 0. The maximum absolute atomic E-state index is 4.82. The molecule has 0 radical (unpaired) electrons. The molecule has 3 rings (SSSR count). The monoisotopic (exact) mass is 339 g/mol. The van der Waals surface area contributed by atoms with Crippen molar-refractivity contribution in [2.45, 2.75) is 52.6 Å². The summed E-state index contributed by atoms with van der Waals surface area (Å²) in [6.45, 7) is 10.6. The fraction of sp³-hybridized carbons (Fsp3) is 0.550. The van der Waals surface area contributed by atoms with E-state index in [0.717, 1.165) is 62.8 Å². The molecular weight excluding hydrogens is 310 g/mol. The van der Waals surface area contributed by atoms with Gasteiger partial charge in [-0.05, 0) is 31.7 Å². The minimum atomic E-state index is 0.380. The molecule has 1 saturated heterocycles. The normalized spacial score (nSPS) is 19.0. The van der Waals surface area contributed by atoms with Gasteiger partial charge in [-0.3, -0.25) is 4.90 Å². The van der Waals surface area contributed by atoms with Gasteiger partial charge in [0.2, 0.25) is 5.95 Å². The second-order valence-corrected chi connectivity index (χ2v) is 6.83. The number of hydrogen-bond acceptors (Lipinski definition) is 5. The molecule has 5 heteroatoms. The third-order valence-electron chi connectivity index (χ3n) is 4.93. The molecule has 0 bridgehead atoms. The molecule has 0 aliphatic carbocycles. The van der Waals surface area contributed by atoms with Crippen molar-refractivity contribution in [1.29, 1.82) is 0 Å². The van der Waals surface area contributed by atoms with Gasteiger partial charge in [0.25, 0.3) is 0 Å². The van der Waals surface area contributed by atoms with E-state index in [1.54, 1.807) is 0 Å². The molecule has 134 valence electrons. The fourth-order valence-corrected chi connectivity index (χ4v) is 3.58. The first kappa shape index (κ1) is 17.8. The van der Waals surface area contributed by atoms with Gasteiger partial charge in [0, 0.05) is 32.2 Å². The highest BCUT2D eigenvalue weighted by Gasteiger charge is 2.24. The Balaban J connectivity index is 1.72. The SMILES string of the molecule is CCc1nnc(N2CCCN(Cc3ccccc3)CC2C)nc1CC. The van der Waals surface area contributed by atoms with Gasteiger partial charge in [-0.1, -0.05) is 44.2 Å². The lowest BCUT2D eigenvalue weighted by atomic mass is 10.2. The van der Waals surface area contributed by atoms with Gasteiger partial charge in [-0.15, -0.1) is 5.10 Å². The van der Waals surface area contributed by atoms with E-state index >= 15 is 0 Å². The van der Waals surface area contributed by atoms with Crippen LogP contribution in [0.1, 0.15) is 44.1 Å². The Morgan fingerprint density at radius 3 is 2.48 bits per heavy atom. The van der Waals surface area contributed by atoms with Crippen LogP contribution in [0, 0.1) is 0 Å². The van der Waals surface area contributed by atoms with Crippen molar-refractivity contribution in [2.75, 3.05) is 24.5 Å². The Morgan fingerprint density at radius 1 is 1.00 bits per heavy atom. The van der Waals surface area contributed by atoms with Crippen molar-refractivity contribution in [3.63, 3.8) is 0 Å². The van der Waals surface area contributed by atoms with E-state index in [2.05, 4.69) is 71.1 Å². The summed E-state index contributed by atoms with van der Waals surface area (Å²) < 4.78 is 0. The zero-order chi connectivity index (χ0) is 17.6. The predicted octanol–water partition coefficient (Wildman–Crippen LogP) is 3.10. The Bertz CT molecular complexity index is 673. The molecule has 1 aliphatic rings. The zero-order valence-electron chi connectivity index (χ0n) is 15.6. The van der Waals surface area contributed by atoms with E-state index in [0.29, 0.717) is 6.04 Å². The number of aromatic nitrogens is 3. The standard InChI is InChI=1S/C20H29N5/c1-4-18-19(5-2)22-23-20(21-18)25-13-9-12-24(14-16(25)3)15-17-10-7-6-8-11-17/h6-8,10-11,16H,4-5,9,12-15H2,1-3H3. The lowest BCUT2D eigenvalue weighted by Crippen LogP contribution is -2.40. The molecule has 1 unspecified atom stereocenters. The number of hydrogen-bond donors (Lipinski definition) is 0. The lowest BCUT2D eigenvalue weighted by Gasteiger charge is -2.29. The third-order valence-corrected chi connectivity index (χ3v) is 4.93. The Kier molecular flexibility index (Phi) is 5.97. The van der Waals surface area contributed by atoms with Crippen molar-refractivity contribution < 1.29 is 0 Å². The first-order chi connectivity index (χ1) is 12.2. The largest absolute Gasteiger partial charge is 0.335 e. The van der Waals surface area contributed by atoms with Crippen molar-refractivity contribution >= 4 is 5.95 Å². The first-order valence-corrected chi connectivity index (χ1v) is 9.46. The van der Waals surface area contributed by atoms with E-state index in [4.69, 9.17) is 4.98 Å². The average molecular weight is 339 g/mol. The van der Waals surface area contributed by atoms with Crippen LogP contribution in [0.4, 0.5) is 5.95 Å². The van der Waals surface area contributed by atoms with E-state index in [-0.39, 0.29) is 0 Å². The molecular formula is C20H29N5. The summed E-state index contributed by atoms with van der Waals surface area (Å²) in [6.07, 6.45) is 2.93. The van der Waals surface area contributed by atoms with Crippen LogP contribution in [0.25, 0.3) is 0 Å². The van der Waals surface area contributed by atoms with Gasteiger partial charge in [0.05, 0.1) is 11.4 Å². The number of benzene rings is 1. The highest BCUT2D eigenvalue weighted by molar-refractivity contribution is 5.32. The Morgan fingerprint density at radius 2 is 1.76 bits per heavy atom. The number of nitrogens with zero attached hydrogens (tertiary/aromatic N) is 5. The van der Waals surface area contributed by atoms with Crippen LogP contribution in [0.2, 0.25) is 0 Å². The zero-order valence-corrected chi connectivity index (χ0v) is 15.6. The van der Waals surface area contributed by atoms with E-state index in [9.17, 15) is 0 Å². The maximum atomic E-state index is 4.82. The first-order valence-electron chi connectivity index (χ1n) is 9.46. The molecule has 1 aromatic carbocycles. The van der Waals surface area contributed by atoms with Gasteiger partial charge in [-0.25, -0.2) is 4.98 Å². The van der Waals surface area contributed by atoms with E-state index in [1.165, 1.54) is 5.56 Å². The average Bonchev–Trinajstić information content (AvgIpc) is 2.83. The third kappa shape index (κ3) is 4.34. The molecule has 0 spiro atoms. The van der Waals surface area contributed by atoms with Crippen molar-refractivity contribution in [3.05, 3.63) is 47.3 Å². The second-order valence-electron chi connectivity index (χ2n) is 6.83. The minimum Gasteiger partial charge on any atom is -0.335 e. The summed E-state index contributed by atoms with van der Waals surface area (Å²) in [6, 6.07) is 11.1. The summed E-state index contributed by atoms with van der Waals surface area (Å²) in [5.41, 5.74) is 3.49. The predicted molar refractivity (Wildman–Crippen MR) is 102 cm³/mol. The molecule has 25 heavy (non-hydrogen) atoms. The number of anilines is 1. The Hall–Kier alpha value is -2.01. The highest BCUT2D eigenvalue weighted by atomic mass is 15.4. The molecule has 1 aromatic heterocycles. The van der Waals surface area contributed by atoms with Crippen LogP contribution in [-0.2, 0) is 19.4 Å². The molecule has 2 aromatic rings. The van der Waals surface area contributed by atoms with Gasteiger partial charge in [0.1, 0.15) is 0 Å². The van der Waals surface area contributed by atoms with Crippen LogP contribution >= 0.6 is 0 Å². The quantitative estimate of drug-likeness (QED) is 0.837. The molecule has 0 N–H and O–H groups in total. The second kappa shape index (κ2) is 8.39. The van der Waals surface area contributed by atoms with Gasteiger partial charge < -0.3 is 4.90 Å². The number of aryl methyl sites for hydroxylation is 2. The summed E-state index contributed by atoms with van der Waals surface area (Å²) in [4.78, 5) is 9.69. The topological polar surface area (TPSA) is 45.2 Å². The van der Waals surface area contributed by atoms with E-state index < -0.39 is 0 Å². The van der Waals surface area contributed by atoms with Crippen LogP contribution in [0.15, 0.2) is 30.3 Å². The summed E-state index contributed by atoms with van der Waals surface area (Å²) >= 11 is 0. The smallest absolute Gasteiger partial charge is 0.245 e. The van der Waals surface area contributed by atoms with Gasteiger partial charge in [-0.2, -0.15) is 5.10 Å². The highest BCUT2D eigenvalue weighted by Crippen LogP contribution is 2.19. The Labute approximate surface area is 151 Å². The molecule has 1 atom stereocenters. The van der Waals surface area contributed by atoms with Crippen LogP contribution < -0.4 is 4.90 Å².